The number of aromatic nitrogens is 4. The highest BCUT2D eigenvalue weighted by Crippen LogP contribution is 2.10. The van der Waals surface area contributed by atoms with E-state index in [4.69, 9.17) is 5.73 Å². The predicted octanol–water partition coefficient (Wildman–Crippen LogP) is -0.720. The third kappa shape index (κ3) is 4.10. The zero-order chi connectivity index (χ0) is 17.9. The molecule has 0 bridgehead atoms. The molecule has 0 unspecified atom stereocenters. The maximum Gasteiger partial charge on any atom is 0.292 e. The van der Waals surface area contributed by atoms with Crippen LogP contribution in [0.4, 0.5) is 11.6 Å². The number of anilines is 2. The third-order valence-corrected chi connectivity index (χ3v) is 3.26. The summed E-state index contributed by atoms with van der Waals surface area (Å²) in [7, 11) is 7.19. The minimum Gasteiger partial charge on any atom is -0.382 e. The van der Waals surface area contributed by atoms with E-state index >= 15 is 0 Å². The van der Waals surface area contributed by atoms with Gasteiger partial charge in [-0.15, -0.1) is 0 Å². The second kappa shape index (κ2) is 7.13. The highest BCUT2D eigenvalue weighted by atomic mass is 16.2. The van der Waals surface area contributed by atoms with E-state index in [-0.39, 0.29) is 29.2 Å². The minimum absolute atomic E-state index is 0.162. The molecule has 2 aromatic heterocycles. The molecular weight excluding hydrogens is 312 g/mol. The van der Waals surface area contributed by atoms with E-state index in [1.54, 1.807) is 24.9 Å². The van der Waals surface area contributed by atoms with Gasteiger partial charge in [0, 0.05) is 39.6 Å². The van der Waals surface area contributed by atoms with Gasteiger partial charge in [-0.1, -0.05) is 0 Å². The molecule has 24 heavy (non-hydrogen) atoms. The van der Waals surface area contributed by atoms with Crippen LogP contribution in [0.25, 0.3) is 0 Å². The van der Waals surface area contributed by atoms with Crippen molar-refractivity contribution in [1.82, 2.24) is 29.3 Å². The van der Waals surface area contributed by atoms with Gasteiger partial charge in [0.15, 0.2) is 5.82 Å². The number of nitrogens with zero attached hydrogens (tertiary/aromatic N) is 5. The lowest BCUT2D eigenvalue weighted by molar-refractivity contribution is 0.0936. The second-order valence-electron chi connectivity index (χ2n) is 5.67. The molecule has 4 N–H and O–H groups in total. The average molecular weight is 334 g/mol. The molecule has 10 nitrogen and oxygen atoms in total. The van der Waals surface area contributed by atoms with E-state index < -0.39 is 5.91 Å². The zero-order valence-corrected chi connectivity index (χ0v) is 14.2. The summed E-state index contributed by atoms with van der Waals surface area (Å²) in [6, 6.07) is 0. The van der Waals surface area contributed by atoms with Crippen LogP contribution in [-0.2, 0) is 14.1 Å². The summed E-state index contributed by atoms with van der Waals surface area (Å²) < 4.78 is 3.07. The molecule has 2 aromatic rings. The van der Waals surface area contributed by atoms with E-state index in [2.05, 4.69) is 20.6 Å². The van der Waals surface area contributed by atoms with Crippen LogP contribution in [-0.4, -0.2) is 63.0 Å². The molecule has 0 spiro atoms. The van der Waals surface area contributed by atoms with E-state index in [1.165, 1.54) is 10.8 Å². The summed E-state index contributed by atoms with van der Waals surface area (Å²) >= 11 is 0. The van der Waals surface area contributed by atoms with E-state index in [0.29, 0.717) is 6.54 Å². The predicted molar refractivity (Wildman–Crippen MR) is 89.7 cm³/mol. The Morgan fingerprint density at radius 3 is 2.33 bits per heavy atom. The van der Waals surface area contributed by atoms with Crippen LogP contribution in [0.1, 0.15) is 21.2 Å². The lowest BCUT2D eigenvalue weighted by atomic mass is 10.5. The molecule has 0 saturated carbocycles. The fourth-order valence-electron chi connectivity index (χ4n) is 2.08. The molecule has 0 aliphatic rings. The fraction of sp³-hybridized carbons (Fsp3) is 0.429. The highest BCUT2D eigenvalue weighted by Gasteiger charge is 2.18. The van der Waals surface area contributed by atoms with Gasteiger partial charge in [0.1, 0.15) is 5.82 Å². The van der Waals surface area contributed by atoms with Gasteiger partial charge in [0.25, 0.3) is 11.8 Å². The maximum atomic E-state index is 12.2. The fourth-order valence-corrected chi connectivity index (χ4v) is 2.08. The average Bonchev–Trinajstić information content (AvgIpc) is 3.00. The van der Waals surface area contributed by atoms with E-state index in [9.17, 15) is 9.59 Å². The standard InChI is InChI=1S/C14H22N8O2/c1-20(2)6-5-16-13(23)11-18-10(8-22(11)4)19-14(24)12-17-9(15)7-21(12)3/h7-8H,5-6,15H2,1-4H3,(H,16,23)(H,19,24). The monoisotopic (exact) mass is 334 g/mol. The lowest BCUT2D eigenvalue weighted by Crippen LogP contribution is -2.32. The Morgan fingerprint density at radius 2 is 1.75 bits per heavy atom. The van der Waals surface area contributed by atoms with Crippen LogP contribution in [0.2, 0.25) is 0 Å². The summed E-state index contributed by atoms with van der Waals surface area (Å²) in [6.45, 7) is 1.23. The van der Waals surface area contributed by atoms with Gasteiger partial charge >= 0.3 is 0 Å². The van der Waals surface area contributed by atoms with E-state index in [0.717, 1.165) is 6.54 Å². The Balaban J connectivity index is 2.04. The van der Waals surface area contributed by atoms with Gasteiger partial charge in [-0.3, -0.25) is 9.59 Å². The molecular formula is C14H22N8O2. The van der Waals surface area contributed by atoms with Crippen molar-refractivity contribution in [3.05, 3.63) is 24.0 Å². The molecule has 0 radical (unpaired) electrons. The number of carbonyl (C=O) groups is 2. The van der Waals surface area contributed by atoms with Crippen LogP contribution >= 0.6 is 0 Å². The van der Waals surface area contributed by atoms with Crippen molar-refractivity contribution in [2.45, 2.75) is 0 Å². The normalized spacial score (nSPS) is 10.9. The Hall–Kier alpha value is -2.88. The summed E-state index contributed by atoms with van der Waals surface area (Å²) in [5.74, 6) is 0.137. The summed E-state index contributed by atoms with van der Waals surface area (Å²) in [5.41, 5.74) is 5.56. The van der Waals surface area contributed by atoms with Gasteiger partial charge in [0.2, 0.25) is 11.6 Å². The first-order chi connectivity index (χ1) is 11.3. The largest absolute Gasteiger partial charge is 0.382 e. The quantitative estimate of drug-likeness (QED) is 0.640. The van der Waals surface area contributed by atoms with Crippen LogP contribution in [0.15, 0.2) is 12.4 Å². The number of hydrogen-bond donors (Lipinski definition) is 3. The first kappa shape index (κ1) is 17.5. The van der Waals surface area contributed by atoms with Gasteiger partial charge in [0.05, 0.1) is 0 Å². The number of amides is 2. The number of hydrogen-bond acceptors (Lipinski definition) is 6. The Bertz CT molecular complexity index is 746. The second-order valence-corrected chi connectivity index (χ2v) is 5.67. The van der Waals surface area contributed by atoms with Crippen LogP contribution in [0, 0.1) is 0 Å². The van der Waals surface area contributed by atoms with Crippen molar-refractivity contribution >= 4 is 23.5 Å². The van der Waals surface area contributed by atoms with Crippen molar-refractivity contribution in [3.63, 3.8) is 0 Å². The molecule has 130 valence electrons. The number of aryl methyl sites for hydroxylation is 2. The maximum absolute atomic E-state index is 12.2. The van der Waals surface area contributed by atoms with Crippen LogP contribution < -0.4 is 16.4 Å². The summed E-state index contributed by atoms with van der Waals surface area (Å²) in [4.78, 5) is 34.3. The van der Waals surface area contributed by atoms with Crippen LogP contribution in [0.5, 0.6) is 0 Å². The Kier molecular flexibility index (Phi) is 5.19. The van der Waals surface area contributed by atoms with E-state index in [1.807, 2.05) is 19.0 Å². The number of imidazole rings is 2. The lowest BCUT2D eigenvalue weighted by Gasteiger charge is -2.09. The Morgan fingerprint density at radius 1 is 1.12 bits per heavy atom. The molecule has 0 aromatic carbocycles. The number of nitrogen functional groups attached to an aromatic ring is 1. The molecule has 10 heteroatoms. The van der Waals surface area contributed by atoms with Crippen molar-refractivity contribution in [2.24, 2.45) is 14.1 Å². The smallest absolute Gasteiger partial charge is 0.292 e. The SMILES string of the molecule is CN(C)CCNC(=O)c1nc(NC(=O)c2nc(N)cn2C)cn1C. The minimum atomic E-state index is -0.452. The van der Waals surface area contributed by atoms with Crippen LogP contribution in [0.3, 0.4) is 0 Å². The van der Waals surface area contributed by atoms with Crippen molar-refractivity contribution in [2.75, 3.05) is 38.2 Å². The first-order valence-corrected chi connectivity index (χ1v) is 7.34. The molecule has 0 aliphatic carbocycles. The summed E-state index contributed by atoms with van der Waals surface area (Å²) in [5, 5.41) is 5.38. The number of carbonyl (C=O) groups excluding carboxylic acids is 2. The summed E-state index contributed by atoms with van der Waals surface area (Å²) in [6.07, 6.45) is 3.10. The highest BCUT2D eigenvalue weighted by molar-refractivity contribution is 6.02. The molecule has 0 atom stereocenters. The number of nitrogens with one attached hydrogen (secondary N) is 2. The molecule has 0 saturated heterocycles. The molecule has 0 fully saturated rings. The van der Waals surface area contributed by atoms with Crippen molar-refractivity contribution in [1.29, 1.82) is 0 Å². The molecule has 0 aliphatic heterocycles. The molecule has 2 rings (SSSR count). The van der Waals surface area contributed by atoms with Gasteiger partial charge in [-0.25, -0.2) is 9.97 Å². The molecule has 2 heterocycles. The Labute approximate surface area is 139 Å². The zero-order valence-electron chi connectivity index (χ0n) is 14.2. The van der Waals surface area contributed by atoms with Crippen molar-refractivity contribution < 1.29 is 9.59 Å². The van der Waals surface area contributed by atoms with Gasteiger partial charge in [-0.2, -0.15) is 0 Å². The van der Waals surface area contributed by atoms with Gasteiger partial charge in [-0.05, 0) is 14.1 Å². The topological polar surface area (TPSA) is 123 Å². The van der Waals surface area contributed by atoms with Crippen molar-refractivity contribution in [3.8, 4) is 0 Å². The number of rotatable bonds is 6. The number of nitrogens with two attached hydrogens (primary N) is 1. The first-order valence-electron chi connectivity index (χ1n) is 7.34. The number of likely N-dealkylation sites (N-methyl/N-ethyl adjacent to an activating group) is 1. The molecule has 2 amide bonds. The van der Waals surface area contributed by atoms with Gasteiger partial charge < -0.3 is 30.4 Å². The third-order valence-electron chi connectivity index (χ3n) is 3.26.